The van der Waals surface area contributed by atoms with Gasteiger partial charge in [-0.25, -0.2) is 4.79 Å². The molecule has 19 heavy (non-hydrogen) atoms. The minimum atomic E-state index is -0.600. The van der Waals surface area contributed by atoms with Crippen LogP contribution in [-0.2, 0) is 14.3 Å². The molecule has 5 heteroatoms. The third-order valence-corrected chi connectivity index (χ3v) is 3.81. The minimum absolute atomic E-state index is 0.220. The molecule has 110 valence electrons. The Hall–Kier alpha value is -1.10. The highest BCUT2D eigenvalue weighted by molar-refractivity contribution is 5.83. The number of ether oxygens (including phenoxy) is 1. The maximum atomic E-state index is 11.5. The summed E-state index contributed by atoms with van der Waals surface area (Å²) >= 11 is 0. The van der Waals surface area contributed by atoms with Crippen LogP contribution in [0.3, 0.4) is 0 Å². The molecule has 5 nitrogen and oxygen atoms in total. The van der Waals surface area contributed by atoms with E-state index in [2.05, 4.69) is 24.5 Å². The summed E-state index contributed by atoms with van der Waals surface area (Å²) in [5.41, 5.74) is 0.428. The highest BCUT2D eigenvalue weighted by atomic mass is 16.5. The molecule has 0 spiro atoms. The average Bonchev–Trinajstić information content (AvgIpc) is 2.34. The molecular formula is C14H26N2O3. The number of esters is 1. The zero-order valence-corrected chi connectivity index (χ0v) is 12.4. The zero-order chi connectivity index (χ0) is 14.5. The number of rotatable bonds is 5. The summed E-state index contributed by atoms with van der Waals surface area (Å²) in [5.74, 6) is -0.624. The van der Waals surface area contributed by atoms with Gasteiger partial charge in [-0.3, -0.25) is 4.79 Å². The normalized spacial score (nSPS) is 20.6. The third-order valence-electron chi connectivity index (χ3n) is 3.81. The monoisotopic (exact) mass is 270 g/mol. The van der Waals surface area contributed by atoms with E-state index < -0.39 is 12.0 Å². The molecule has 1 saturated carbocycles. The average molecular weight is 270 g/mol. The van der Waals surface area contributed by atoms with E-state index in [-0.39, 0.29) is 5.91 Å². The molecule has 0 aromatic heterocycles. The predicted molar refractivity (Wildman–Crippen MR) is 73.7 cm³/mol. The van der Waals surface area contributed by atoms with Gasteiger partial charge in [0, 0.05) is 19.5 Å². The maximum Gasteiger partial charge on any atom is 0.329 e. The van der Waals surface area contributed by atoms with E-state index in [1.165, 1.54) is 26.9 Å². The lowest BCUT2D eigenvalue weighted by atomic mass is 9.75. The van der Waals surface area contributed by atoms with Crippen molar-refractivity contribution in [3.63, 3.8) is 0 Å². The molecule has 0 bridgehead atoms. The second-order valence-electron chi connectivity index (χ2n) is 6.12. The molecule has 0 aromatic carbocycles. The van der Waals surface area contributed by atoms with Crippen molar-refractivity contribution in [2.45, 2.75) is 58.5 Å². The molecular weight excluding hydrogens is 244 g/mol. The van der Waals surface area contributed by atoms with Gasteiger partial charge in [0.1, 0.15) is 6.04 Å². The second kappa shape index (κ2) is 6.89. The molecule has 0 aromatic rings. The van der Waals surface area contributed by atoms with Crippen molar-refractivity contribution in [2.24, 2.45) is 5.41 Å². The third kappa shape index (κ3) is 5.59. The molecule has 0 saturated heterocycles. The van der Waals surface area contributed by atoms with Crippen LogP contribution in [0.25, 0.3) is 0 Å². The Balaban J connectivity index is 2.39. The SMILES string of the molecule is COC(=O)C(CNC1CCC(C)(C)CC1)NC(C)=O. The van der Waals surface area contributed by atoms with Crippen LogP contribution in [0, 0.1) is 5.41 Å². The predicted octanol–water partition coefficient (Wildman–Crippen LogP) is 1.22. The van der Waals surface area contributed by atoms with Crippen molar-refractivity contribution in [1.82, 2.24) is 10.6 Å². The van der Waals surface area contributed by atoms with Gasteiger partial charge >= 0.3 is 5.97 Å². The standard InChI is InChI=1S/C14H26N2O3/c1-10(17)16-12(13(18)19-4)9-15-11-5-7-14(2,3)8-6-11/h11-12,15H,5-9H2,1-4H3,(H,16,17). The molecule has 1 aliphatic rings. The van der Waals surface area contributed by atoms with E-state index in [0.717, 1.165) is 12.8 Å². The van der Waals surface area contributed by atoms with Crippen molar-refractivity contribution >= 4 is 11.9 Å². The van der Waals surface area contributed by atoms with Gasteiger partial charge < -0.3 is 15.4 Å². The van der Waals surface area contributed by atoms with Gasteiger partial charge in [-0.2, -0.15) is 0 Å². The number of methoxy groups -OCH3 is 1. The Morgan fingerprint density at radius 1 is 1.32 bits per heavy atom. The Labute approximate surface area is 115 Å². The van der Waals surface area contributed by atoms with Crippen LogP contribution in [0.15, 0.2) is 0 Å². The Morgan fingerprint density at radius 3 is 2.37 bits per heavy atom. The van der Waals surface area contributed by atoms with Crippen molar-refractivity contribution < 1.29 is 14.3 Å². The lowest BCUT2D eigenvalue weighted by molar-refractivity contribution is -0.144. The van der Waals surface area contributed by atoms with Crippen LogP contribution in [-0.4, -0.2) is 37.6 Å². The summed E-state index contributed by atoms with van der Waals surface area (Å²) < 4.78 is 4.69. The molecule has 1 rings (SSSR count). The highest BCUT2D eigenvalue weighted by Gasteiger charge is 2.28. The molecule has 0 radical (unpaired) electrons. The first kappa shape index (κ1) is 16.0. The van der Waals surface area contributed by atoms with Gasteiger partial charge in [-0.1, -0.05) is 13.8 Å². The first-order valence-corrected chi connectivity index (χ1v) is 6.92. The van der Waals surface area contributed by atoms with Crippen molar-refractivity contribution in [2.75, 3.05) is 13.7 Å². The van der Waals surface area contributed by atoms with Gasteiger partial charge in [0.2, 0.25) is 5.91 Å². The summed E-state index contributed by atoms with van der Waals surface area (Å²) in [6.07, 6.45) is 4.60. The summed E-state index contributed by atoms with van der Waals surface area (Å²) in [4.78, 5) is 22.6. The van der Waals surface area contributed by atoms with Gasteiger partial charge in [0.15, 0.2) is 0 Å². The summed E-state index contributed by atoms with van der Waals surface area (Å²) in [7, 11) is 1.33. The van der Waals surface area contributed by atoms with E-state index >= 15 is 0 Å². The van der Waals surface area contributed by atoms with Gasteiger partial charge in [0.25, 0.3) is 0 Å². The molecule has 1 unspecified atom stereocenters. The summed E-state index contributed by atoms with van der Waals surface area (Å²) in [5, 5.41) is 5.97. The molecule has 1 atom stereocenters. The van der Waals surface area contributed by atoms with Crippen LogP contribution in [0.4, 0.5) is 0 Å². The van der Waals surface area contributed by atoms with Crippen LogP contribution in [0.5, 0.6) is 0 Å². The van der Waals surface area contributed by atoms with Gasteiger partial charge in [0.05, 0.1) is 7.11 Å². The highest BCUT2D eigenvalue weighted by Crippen LogP contribution is 2.34. The lowest BCUT2D eigenvalue weighted by Gasteiger charge is -2.35. The maximum absolute atomic E-state index is 11.5. The molecule has 2 N–H and O–H groups in total. The summed E-state index contributed by atoms with van der Waals surface area (Å²) in [6, 6.07) is -0.175. The van der Waals surface area contributed by atoms with Crippen LogP contribution >= 0.6 is 0 Å². The van der Waals surface area contributed by atoms with E-state index in [4.69, 9.17) is 4.74 Å². The second-order valence-corrected chi connectivity index (χ2v) is 6.12. The van der Waals surface area contributed by atoms with Crippen molar-refractivity contribution in [3.05, 3.63) is 0 Å². The fraction of sp³-hybridized carbons (Fsp3) is 0.857. The first-order valence-electron chi connectivity index (χ1n) is 6.92. The first-order chi connectivity index (χ1) is 8.84. The number of nitrogens with one attached hydrogen (secondary N) is 2. The van der Waals surface area contributed by atoms with Gasteiger partial charge in [-0.15, -0.1) is 0 Å². The quantitative estimate of drug-likeness (QED) is 0.737. The van der Waals surface area contributed by atoms with E-state index in [1.807, 2.05) is 0 Å². The smallest absolute Gasteiger partial charge is 0.329 e. The molecule has 0 aliphatic heterocycles. The molecule has 0 heterocycles. The fourth-order valence-corrected chi connectivity index (χ4v) is 2.47. The fourth-order valence-electron chi connectivity index (χ4n) is 2.47. The number of hydrogen-bond acceptors (Lipinski definition) is 4. The molecule has 1 amide bonds. The lowest BCUT2D eigenvalue weighted by Crippen LogP contribution is -2.50. The number of carbonyl (C=O) groups excluding carboxylic acids is 2. The van der Waals surface area contributed by atoms with Crippen molar-refractivity contribution in [1.29, 1.82) is 0 Å². The van der Waals surface area contributed by atoms with Crippen LogP contribution in [0.2, 0.25) is 0 Å². The van der Waals surface area contributed by atoms with E-state index in [0.29, 0.717) is 18.0 Å². The summed E-state index contributed by atoms with van der Waals surface area (Å²) in [6.45, 7) is 6.41. The van der Waals surface area contributed by atoms with E-state index in [1.54, 1.807) is 0 Å². The number of carbonyl (C=O) groups is 2. The largest absolute Gasteiger partial charge is 0.467 e. The molecule has 1 fully saturated rings. The Kier molecular flexibility index (Phi) is 5.79. The molecule has 1 aliphatic carbocycles. The van der Waals surface area contributed by atoms with Gasteiger partial charge in [-0.05, 0) is 31.1 Å². The minimum Gasteiger partial charge on any atom is -0.467 e. The van der Waals surface area contributed by atoms with Crippen molar-refractivity contribution in [3.8, 4) is 0 Å². The number of amides is 1. The zero-order valence-electron chi connectivity index (χ0n) is 12.4. The Bertz CT molecular complexity index is 319. The van der Waals surface area contributed by atoms with E-state index in [9.17, 15) is 9.59 Å². The topological polar surface area (TPSA) is 67.4 Å². The Morgan fingerprint density at radius 2 is 1.89 bits per heavy atom. The van der Waals surface area contributed by atoms with Crippen LogP contribution in [0.1, 0.15) is 46.5 Å². The van der Waals surface area contributed by atoms with Crippen LogP contribution < -0.4 is 10.6 Å². The number of hydrogen-bond donors (Lipinski definition) is 2.